The molecule has 0 fully saturated rings. The Morgan fingerprint density at radius 3 is 2.70 bits per heavy atom. The Bertz CT molecular complexity index is 723. The predicted molar refractivity (Wildman–Crippen MR) is 71.9 cm³/mol. The van der Waals surface area contributed by atoms with Crippen LogP contribution in [0.2, 0.25) is 0 Å². The highest BCUT2D eigenvalue weighted by Gasteiger charge is 2.20. The van der Waals surface area contributed by atoms with Gasteiger partial charge in [-0.15, -0.1) is 0 Å². The molecule has 0 unspecified atom stereocenters. The van der Waals surface area contributed by atoms with Crippen LogP contribution in [-0.2, 0) is 14.8 Å². The maximum Gasteiger partial charge on any atom is 0.337 e. The summed E-state index contributed by atoms with van der Waals surface area (Å²) >= 11 is 0. The first-order valence-corrected chi connectivity index (χ1v) is 7.13. The van der Waals surface area contributed by atoms with Crippen molar-refractivity contribution in [2.75, 3.05) is 11.8 Å². The van der Waals surface area contributed by atoms with Gasteiger partial charge in [0.2, 0.25) is 0 Å². The highest BCUT2D eigenvalue weighted by Crippen LogP contribution is 2.20. The van der Waals surface area contributed by atoms with Gasteiger partial charge in [-0.25, -0.2) is 13.2 Å². The molecule has 2 aromatic rings. The second-order valence-corrected chi connectivity index (χ2v) is 5.70. The van der Waals surface area contributed by atoms with E-state index < -0.39 is 16.0 Å². The zero-order valence-electron chi connectivity index (χ0n) is 10.9. The number of carbonyl (C=O) groups excluding carboxylic acids is 1. The number of ether oxygens (including phenoxy) is 1. The lowest BCUT2D eigenvalue weighted by atomic mass is 10.1. The number of benzene rings is 1. The third kappa shape index (κ3) is 2.80. The molecule has 0 aliphatic carbocycles. The van der Waals surface area contributed by atoms with E-state index >= 15 is 0 Å². The maximum atomic E-state index is 12.3. The zero-order valence-corrected chi connectivity index (χ0v) is 11.7. The summed E-state index contributed by atoms with van der Waals surface area (Å²) in [6.45, 7) is 1.64. The molecule has 0 aliphatic rings. The van der Waals surface area contributed by atoms with Crippen LogP contribution in [0.1, 0.15) is 15.9 Å². The van der Waals surface area contributed by atoms with Gasteiger partial charge in [-0.1, -0.05) is 6.07 Å². The Balaban J connectivity index is 2.42. The minimum absolute atomic E-state index is 0.00926. The van der Waals surface area contributed by atoms with Gasteiger partial charge in [0, 0.05) is 6.07 Å². The van der Waals surface area contributed by atoms with Crippen molar-refractivity contribution in [2.45, 2.75) is 11.8 Å². The molecule has 0 saturated carbocycles. The summed E-state index contributed by atoms with van der Waals surface area (Å²) in [5.74, 6) is -0.351. The number of hydrogen-bond acceptors (Lipinski definition) is 5. The SMILES string of the molecule is COC(=O)c1ccc(C)c(S(=O)(=O)Nc2ccn[nH]2)c1. The van der Waals surface area contributed by atoms with E-state index in [1.807, 2.05) is 0 Å². The van der Waals surface area contributed by atoms with Crippen LogP contribution in [0.4, 0.5) is 5.82 Å². The zero-order chi connectivity index (χ0) is 14.8. The average Bonchev–Trinajstić information content (AvgIpc) is 2.90. The van der Waals surface area contributed by atoms with Gasteiger partial charge in [0.1, 0.15) is 5.82 Å². The molecule has 2 rings (SSSR count). The normalized spacial score (nSPS) is 11.1. The van der Waals surface area contributed by atoms with Crippen molar-refractivity contribution >= 4 is 21.8 Å². The summed E-state index contributed by atoms with van der Waals surface area (Å²) in [6, 6.07) is 5.82. The van der Waals surface area contributed by atoms with Crippen molar-refractivity contribution in [3.63, 3.8) is 0 Å². The highest BCUT2D eigenvalue weighted by molar-refractivity contribution is 7.92. The molecule has 0 atom stereocenters. The molecule has 8 heteroatoms. The predicted octanol–water partition coefficient (Wildman–Crippen LogP) is 1.31. The van der Waals surface area contributed by atoms with E-state index in [1.54, 1.807) is 13.0 Å². The summed E-state index contributed by atoms with van der Waals surface area (Å²) in [5.41, 5.74) is 0.688. The lowest BCUT2D eigenvalue weighted by Crippen LogP contribution is -2.15. The van der Waals surface area contributed by atoms with Crippen LogP contribution in [0, 0.1) is 6.92 Å². The number of anilines is 1. The average molecular weight is 295 g/mol. The van der Waals surface area contributed by atoms with E-state index in [2.05, 4.69) is 19.7 Å². The van der Waals surface area contributed by atoms with Gasteiger partial charge in [0.25, 0.3) is 10.0 Å². The molecule has 0 saturated heterocycles. The van der Waals surface area contributed by atoms with Gasteiger partial charge in [-0.2, -0.15) is 5.10 Å². The number of aryl methyl sites for hydroxylation is 1. The van der Waals surface area contributed by atoms with Crippen molar-refractivity contribution in [3.8, 4) is 0 Å². The number of nitrogens with one attached hydrogen (secondary N) is 2. The van der Waals surface area contributed by atoms with Crippen molar-refractivity contribution in [2.24, 2.45) is 0 Å². The van der Waals surface area contributed by atoms with Crippen LogP contribution in [0.3, 0.4) is 0 Å². The molecule has 20 heavy (non-hydrogen) atoms. The summed E-state index contributed by atoms with van der Waals surface area (Å²) in [6.07, 6.45) is 1.43. The molecule has 0 amide bonds. The first-order valence-electron chi connectivity index (χ1n) is 5.65. The second kappa shape index (κ2) is 5.33. The number of hydrogen-bond donors (Lipinski definition) is 2. The monoisotopic (exact) mass is 295 g/mol. The summed E-state index contributed by atoms with van der Waals surface area (Å²) < 4.78 is 31.5. The van der Waals surface area contributed by atoms with Crippen molar-refractivity contribution in [1.82, 2.24) is 10.2 Å². The van der Waals surface area contributed by atoms with E-state index in [0.717, 1.165) is 0 Å². The Labute approximate surface area is 116 Å². The fourth-order valence-corrected chi connectivity index (χ4v) is 2.93. The minimum Gasteiger partial charge on any atom is -0.465 e. The third-order valence-electron chi connectivity index (χ3n) is 2.64. The van der Waals surface area contributed by atoms with Gasteiger partial charge < -0.3 is 4.74 Å². The van der Waals surface area contributed by atoms with Gasteiger partial charge in [-0.05, 0) is 24.6 Å². The van der Waals surface area contributed by atoms with Crippen molar-refractivity contribution in [3.05, 3.63) is 41.6 Å². The third-order valence-corrected chi connectivity index (χ3v) is 4.15. The summed E-state index contributed by atoms with van der Waals surface area (Å²) in [4.78, 5) is 11.5. The number of aromatic nitrogens is 2. The van der Waals surface area contributed by atoms with E-state index in [1.165, 1.54) is 31.5 Å². The maximum absolute atomic E-state index is 12.3. The van der Waals surface area contributed by atoms with E-state index in [-0.39, 0.29) is 16.3 Å². The Kier molecular flexibility index (Phi) is 3.75. The summed E-state index contributed by atoms with van der Waals surface area (Å²) in [5, 5.41) is 6.15. The number of aromatic amines is 1. The number of esters is 1. The number of sulfonamides is 1. The smallest absolute Gasteiger partial charge is 0.337 e. The topological polar surface area (TPSA) is 101 Å². The number of H-pyrrole nitrogens is 1. The minimum atomic E-state index is -3.81. The quantitative estimate of drug-likeness (QED) is 0.828. The number of carbonyl (C=O) groups is 1. The number of rotatable bonds is 4. The fourth-order valence-electron chi connectivity index (χ4n) is 1.65. The van der Waals surface area contributed by atoms with E-state index in [0.29, 0.717) is 5.56 Å². The van der Waals surface area contributed by atoms with Gasteiger partial charge in [-0.3, -0.25) is 9.82 Å². The van der Waals surface area contributed by atoms with Gasteiger partial charge in [0.05, 0.1) is 23.8 Å². The molecule has 7 nitrogen and oxygen atoms in total. The largest absolute Gasteiger partial charge is 0.465 e. The first kappa shape index (κ1) is 14.1. The molecule has 106 valence electrons. The fraction of sp³-hybridized carbons (Fsp3) is 0.167. The molecule has 1 heterocycles. The molecule has 0 spiro atoms. The molecule has 0 radical (unpaired) electrons. The lowest BCUT2D eigenvalue weighted by molar-refractivity contribution is 0.0600. The first-order chi connectivity index (χ1) is 9.44. The van der Waals surface area contributed by atoms with Crippen LogP contribution >= 0.6 is 0 Å². The molecular weight excluding hydrogens is 282 g/mol. The molecule has 0 aliphatic heterocycles. The van der Waals surface area contributed by atoms with Crippen LogP contribution in [0.5, 0.6) is 0 Å². The van der Waals surface area contributed by atoms with Gasteiger partial charge in [0.15, 0.2) is 0 Å². The second-order valence-electron chi connectivity index (χ2n) is 4.05. The highest BCUT2D eigenvalue weighted by atomic mass is 32.2. The standard InChI is InChI=1S/C12H13N3O4S/c1-8-3-4-9(12(16)19-2)7-10(8)20(17,18)15-11-5-6-13-14-11/h3-7H,1-2H3,(H2,13,14,15). The van der Waals surface area contributed by atoms with Gasteiger partial charge >= 0.3 is 5.97 Å². The van der Waals surface area contributed by atoms with E-state index in [4.69, 9.17) is 0 Å². The lowest BCUT2D eigenvalue weighted by Gasteiger charge is -2.10. The molecular formula is C12H13N3O4S. The van der Waals surface area contributed by atoms with Crippen molar-refractivity contribution in [1.29, 1.82) is 0 Å². The van der Waals surface area contributed by atoms with E-state index in [9.17, 15) is 13.2 Å². The molecule has 1 aromatic heterocycles. The molecule has 1 aromatic carbocycles. The summed E-state index contributed by atoms with van der Waals surface area (Å²) in [7, 11) is -2.57. The Morgan fingerprint density at radius 2 is 2.10 bits per heavy atom. The van der Waals surface area contributed by atoms with Crippen LogP contribution in [0.15, 0.2) is 35.4 Å². The number of nitrogens with zero attached hydrogens (tertiary/aromatic N) is 1. The Morgan fingerprint density at radius 1 is 1.35 bits per heavy atom. The molecule has 0 bridgehead atoms. The van der Waals surface area contributed by atoms with Crippen LogP contribution in [-0.4, -0.2) is 31.7 Å². The van der Waals surface area contributed by atoms with Crippen LogP contribution in [0.25, 0.3) is 0 Å². The van der Waals surface area contributed by atoms with Crippen LogP contribution < -0.4 is 4.72 Å². The Hall–Kier alpha value is -2.35. The van der Waals surface area contributed by atoms with Crippen molar-refractivity contribution < 1.29 is 17.9 Å². The molecule has 2 N–H and O–H groups in total. The number of methoxy groups -OCH3 is 1.